The molecule has 0 N–H and O–H groups in total. The van der Waals surface area contributed by atoms with Gasteiger partial charge in [-0.15, -0.1) is 0 Å². The van der Waals surface area contributed by atoms with E-state index in [-0.39, 0.29) is 0 Å². The summed E-state index contributed by atoms with van der Waals surface area (Å²) < 4.78 is 0. The van der Waals surface area contributed by atoms with Crippen LogP contribution in [0.2, 0.25) is 5.02 Å². The summed E-state index contributed by atoms with van der Waals surface area (Å²) in [6.07, 6.45) is 1.96. The van der Waals surface area contributed by atoms with Gasteiger partial charge in [0, 0.05) is 11.1 Å². The van der Waals surface area contributed by atoms with Gasteiger partial charge < -0.3 is 0 Å². The molecule has 0 fully saturated rings. The number of hydrogen-bond acceptors (Lipinski definition) is 1. The van der Waals surface area contributed by atoms with Crippen LogP contribution < -0.4 is 0 Å². The zero-order valence-electron chi connectivity index (χ0n) is 9.97. The molecular weight excluding hydrogens is 218 g/mol. The summed E-state index contributed by atoms with van der Waals surface area (Å²) in [5.41, 5.74) is 4.52. The highest BCUT2D eigenvalue weighted by atomic mass is 35.5. The molecule has 2 aromatic rings. The average Bonchev–Trinajstić information content (AvgIpc) is 2.29. The highest BCUT2D eigenvalue weighted by molar-refractivity contribution is 6.36. The van der Waals surface area contributed by atoms with Crippen molar-refractivity contribution in [2.45, 2.75) is 33.6 Å². The minimum atomic E-state index is 0.875. The molecular formula is C14H16ClN. The second-order valence-electron chi connectivity index (χ2n) is 4.05. The SMILES string of the molecule is CCc1ccc2nc(C)c(CC)c(Cl)c2c1. The van der Waals surface area contributed by atoms with E-state index in [4.69, 9.17) is 11.6 Å². The Labute approximate surface area is 101 Å². The number of aryl methyl sites for hydroxylation is 2. The Hall–Kier alpha value is -1.08. The van der Waals surface area contributed by atoms with Gasteiger partial charge in [0.25, 0.3) is 0 Å². The molecule has 16 heavy (non-hydrogen) atoms. The quantitative estimate of drug-likeness (QED) is 0.753. The lowest BCUT2D eigenvalue weighted by Gasteiger charge is -2.10. The fraction of sp³-hybridized carbons (Fsp3) is 0.357. The summed E-state index contributed by atoms with van der Waals surface area (Å²) in [5.74, 6) is 0. The first-order valence-electron chi connectivity index (χ1n) is 5.75. The van der Waals surface area contributed by atoms with E-state index in [0.717, 1.165) is 34.5 Å². The van der Waals surface area contributed by atoms with Crippen molar-refractivity contribution in [3.05, 3.63) is 40.0 Å². The van der Waals surface area contributed by atoms with Crippen LogP contribution in [-0.4, -0.2) is 4.98 Å². The third kappa shape index (κ3) is 1.80. The van der Waals surface area contributed by atoms with Gasteiger partial charge in [-0.05, 0) is 43.0 Å². The molecule has 0 radical (unpaired) electrons. The number of fused-ring (bicyclic) bond motifs is 1. The molecule has 0 aliphatic rings. The molecule has 0 bridgehead atoms. The molecule has 84 valence electrons. The smallest absolute Gasteiger partial charge is 0.0720 e. The molecule has 2 rings (SSSR count). The number of aromatic nitrogens is 1. The number of hydrogen-bond donors (Lipinski definition) is 0. The van der Waals surface area contributed by atoms with Gasteiger partial charge in [0.05, 0.1) is 10.5 Å². The van der Waals surface area contributed by atoms with Crippen molar-refractivity contribution in [1.29, 1.82) is 0 Å². The van der Waals surface area contributed by atoms with E-state index in [0.29, 0.717) is 0 Å². The second kappa shape index (κ2) is 4.42. The molecule has 1 nitrogen and oxygen atoms in total. The highest BCUT2D eigenvalue weighted by Gasteiger charge is 2.09. The first-order valence-corrected chi connectivity index (χ1v) is 6.12. The summed E-state index contributed by atoms with van der Waals surface area (Å²) >= 11 is 6.44. The molecule has 2 heteroatoms. The lowest BCUT2D eigenvalue weighted by molar-refractivity contribution is 1.07. The maximum Gasteiger partial charge on any atom is 0.0720 e. The van der Waals surface area contributed by atoms with Crippen LogP contribution in [0.15, 0.2) is 18.2 Å². The van der Waals surface area contributed by atoms with Crippen molar-refractivity contribution in [3.63, 3.8) is 0 Å². The number of halogens is 1. The Morgan fingerprint density at radius 3 is 2.56 bits per heavy atom. The summed E-state index contributed by atoms with van der Waals surface area (Å²) in [6.45, 7) is 6.29. The van der Waals surface area contributed by atoms with Gasteiger partial charge in [0.15, 0.2) is 0 Å². The summed E-state index contributed by atoms with van der Waals surface area (Å²) in [4.78, 5) is 4.60. The first kappa shape index (κ1) is 11.4. The molecule has 0 atom stereocenters. The zero-order chi connectivity index (χ0) is 11.7. The van der Waals surface area contributed by atoms with E-state index < -0.39 is 0 Å². The van der Waals surface area contributed by atoms with Crippen molar-refractivity contribution in [3.8, 4) is 0 Å². The molecule has 0 saturated heterocycles. The van der Waals surface area contributed by atoms with Crippen molar-refractivity contribution in [2.24, 2.45) is 0 Å². The Balaban J connectivity index is 2.78. The van der Waals surface area contributed by atoms with Gasteiger partial charge in [0.2, 0.25) is 0 Å². The molecule has 0 unspecified atom stereocenters. The lowest BCUT2D eigenvalue weighted by Crippen LogP contribution is -1.95. The summed E-state index contributed by atoms with van der Waals surface area (Å²) in [7, 11) is 0. The van der Waals surface area contributed by atoms with E-state index in [2.05, 4.69) is 37.0 Å². The number of pyridine rings is 1. The fourth-order valence-corrected chi connectivity index (χ4v) is 2.48. The van der Waals surface area contributed by atoms with E-state index in [1.807, 2.05) is 6.92 Å². The van der Waals surface area contributed by atoms with Crippen LogP contribution in [0.1, 0.15) is 30.7 Å². The molecule has 0 amide bonds. The highest BCUT2D eigenvalue weighted by Crippen LogP contribution is 2.29. The maximum absolute atomic E-state index is 6.44. The Kier molecular flexibility index (Phi) is 3.15. The van der Waals surface area contributed by atoms with E-state index in [1.165, 1.54) is 11.1 Å². The van der Waals surface area contributed by atoms with Crippen LogP contribution in [-0.2, 0) is 12.8 Å². The predicted molar refractivity (Wildman–Crippen MR) is 70.2 cm³/mol. The monoisotopic (exact) mass is 233 g/mol. The Morgan fingerprint density at radius 2 is 1.94 bits per heavy atom. The van der Waals surface area contributed by atoms with Gasteiger partial charge in [-0.3, -0.25) is 4.98 Å². The number of rotatable bonds is 2. The number of benzene rings is 1. The minimum absolute atomic E-state index is 0.875. The lowest BCUT2D eigenvalue weighted by atomic mass is 10.0. The molecule has 0 aliphatic carbocycles. The van der Waals surface area contributed by atoms with E-state index in [1.54, 1.807) is 0 Å². The molecule has 0 spiro atoms. The van der Waals surface area contributed by atoms with Gasteiger partial charge in [-0.25, -0.2) is 0 Å². The standard InChI is InChI=1S/C14H16ClN/c1-4-10-6-7-13-12(8-10)14(15)11(5-2)9(3)16-13/h6-8H,4-5H2,1-3H3. The maximum atomic E-state index is 6.44. The summed E-state index contributed by atoms with van der Waals surface area (Å²) in [6, 6.07) is 6.34. The van der Waals surface area contributed by atoms with Crippen LogP contribution >= 0.6 is 11.6 Å². The first-order chi connectivity index (χ1) is 7.67. The van der Waals surface area contributed by atoms with Crippen LogP contribution in [0.3, 0.4) is 0 Å². The Morgan fingerprint density at radius 1 is 1.19 bits per heavy atom. The van der Waals surface area contributed by atoms with Crippen LogP contribution in [0, 0.1) is 6.92 Å². The van der Waals surface area contributed by atoms with Crippen molar-refractivity contribution in [2.75, 3.05) is 0 Å². The van der Waals surface area contributed by atoms with Gasteiger partial charge in [-0.1, -0.05) is 31.5 Å². The normalized spacial score (nSPS) is 11.0. The third-order valence-corrected chi connectivity index (χ3v) is 3.48. The van der Waals surface area contributed by atoms with Crippen LogP contribution in [0.25, 0.3) is 10.9 Å². The van der Waals surface area contributed by atoms with Crippen molar-refractivity contribution in [1.82, 2.24) is 4.98 Å². The van der Waals surface area contributed by atoms with Gasteiger partial charge in [0.1, 0.15) is 0 Å². The van der Waals surface area contributed by atoms with Crippen LogP contribution in [0.5, 0.6) is 0 Å². The minimum Gasteiger partial charge on any atom is -0.253 e. The average molecular weight is 234 g/mol. The fourth-order valence-electron chi connectivity index (χ4n) is 2.06. The summed E-state index contributed by atoms with van der Waals surface area (Å²) in [5, 5.41) is 1.96. The largest absolute Gasteiger partial charge is 0.253 e. The number of nitrogens with zero attached hydrogens (tertiary/aromatic N) is 1. The Bertz CT molecular complexity index is 532. The molecule has 0 aliphatic heterocycles. The zero-order valence-corrected chi connectivity index (χ0v) is 10.7. The van der Waals surface area contributed by atoms with Gasteiger partial charge in [-0.2, -0.15) is 0 Å². The molecule has 0 saturated carbocycles. The topological polar surface area (TPSA) is 12.9 Å². The molecule has 1 heterocycles. The molecule has 1 aromatic heterocycles. The molecule has 1 aromatic carbocycles. The van der Waals surface area contributed by atoms with Crippen LogP contribution in [0.4, 0.5) is 0 Å². The van der Waals surface area contributed by atoms with Crippen molar-refractivity contribution < 1.29 is 0 Å². The second-order valence-corrected chi connectivity index (χ2v) is 4.43. The van der Waals surface area contributed by atoms with Gasteiger partial charge >= 0.3 is 0 Å². The third-order valence-electron chi connectivity index (χ3n) is 3.05. The van der Waals surface area contributed by atoms with E-state index >= 15 is 0 Å². The predicted octanol–water partition coefficient (Wildman–Crippen LogP) is 4.32. The van der Waals surface area contributed by atoms with Crippen molar-refractivity contribution >= 4 is 22.5 Å². The van der Waals surface area contributed by atoms with E-state index in [9.17, 15) is 0 Å².